The van der Waals surface area contributed by atoms with Crippen LogP contribution in [0.5, 0.6) is 0 Å². The van der Waals surface area contributed by atoms with Crippen molar-refractivity contribution in [1.82, 2.24) is 4.98 Å². The van der Waals surface area contributed by atoms with Gasteiger partial charge in [0.25, 0.3) is 0 Å². The van der Waals surface area contributed by atoms with E-state index in [-0.39, 0.29) is 17.9 Å². The lowest BCUT2D eigenvalue weighted by molar-refractivity contribution is 0.0473. The van der Waals surface area contributed by atoms with Crippen LogP contribution in [-0.4, -0.2) is 11.0 Å². The molecule has 2 aromatic rings. The fourth-order valence-corrected chi connectivity index (χ4v) is 1.43. The van der Waals surface area contributed by atoms with Gasteiger partial charge in [0.1, 0.15) is 12.4 Å². The van der Waals surface area contributed by atoms with E-state index in [1.807, 2.05) is 0 Å². The number of ether oxygens (including phenoxy) is 1. The molecule has 0 saturated heterocycles. The van der Waals surface area contributed by atoms with Gasteiger partial charge in [-0.1, -0.05) is 6.07 Å². The minimum atomic E-state index is -0.587. The largest absolute Gasteiger partial charge is 0.457 e. The molecule has 0 radical (unpaired) electrons. The van der Waals surface area contributed by atoms with Crippen LogP contribution in [0.25, 0.3) is 0 Å². The molecule has 2 N–H and O–H groups in total. The molecule has 1 aromatic heterocycles. The van der Waals surface area contributed by atoms with Gasteiger partial charge in [-0.05, 0) is 24.3 Å². The predicted molar refractivity (Wildman–Crippen MR) is 64.2 cm³/mol. The molecule has 0 amide bonds. The number of benzene rings is 1. The van der Waals surface area contributed by atoms with Gasteiger partial charge >= 0.3 is 5.97 Å². The first-order chi connectivity index (χ1) is 8.66. The molecule has 0 spiro atoms. The molecule has 1 aromatic carbocycles. The Kier molecular flexibility index (Phi) is 3.52. The number of nitrogen functional groups attached to an aromatic ring is 1. The van der Waals surface area contributed by atoms with Crippen molar-refractivity contribution in [2.24, 2.45) is 0 Å². The topological polar surface area (TPSA) is 65.2 Å². The van der Waals surface area contributed by atoms with Crippen LogP contribution >= 0.6 is 0 Å². The van der Waals surface area contributed by atoms with E-state index in [0.29, 0.717) is 0 Å². The van der Waals surface area contributed by atoms with Crippen LogP contribution in [0.4, 0.5) is 10.1 Å². The molecule has 92 valence electrons. The summed E-state index contributed by atoms with van der Waals surface area (Å²) in [6.07, 6.45) is 3.23. The molecule has 0 aliphatic rings. The molecule has 0 atom stereocenters. The van der Waals surface area contributed by atoms with E-state index < -0.39 is 11.8 Å². The summed E-state index contributed by atoms with van der Waals surface area (Å²) in [5, 5.41) is 0. The normalized spacial score (nSPS) is 10.1. The van der Waals surface area contributed by atoms with Crippen molar-refractivity contribution in [3.63, 3.8) is 0 Å². The number of nitrogens with zero attached hydrogens (tertiary/aromatic N) is 1. The molecule has 0 bridgehead atoms. The molecule has 4 nitrogen and oxygen atoms in total. The van der Waals surface area contributed by atoms with Gasteiger partial charge in [-0.15, -0.1) is 0 Å². The Morgan fingerprint density at radius 3 is 2.89 bits per heavy atom. The molecule has 5 heteroatoms. The van der Waals surface area contributed by atoms with E-state index in [4.69, 9.17) is 10.5 Å². The lowest BCUT2D eigenvalue weighted by atomic mass is 10.2. The number of carbonyl (C=O) groups excluding carboxylic acids is 1. The van der Waals surface area contributed by atoms with Crippen molar-refractivity contribution in [1.29, 1.82) is 0 Å². The summed E-state index contributed by atoms with van der Waals surface area (Å²) in [7, 11) is 0. The van der Waals surface area contributed by atoms with E-state index >= 15 is 0 Å². The maximum Gasteiger partial charge on any atom is 0.340 e. The van der Waals surface area contributed by atoms with Crippen LogP contribution in [0.2, 0.25) is 0 Å². The third-order valence-electron chi connectivity index (χ3n) is 2.33. The summed E-state index contributed by atoms with van der Waals surface area (Å²) >= 11 is 0. The van der Waals surface area contributed by atoms with Crippen LogP contribution < -0.4 is 5.73 Å². The highest BCUT2D eigenvalue weighted by Gasteiger charge is 2.11. The summed E-state index contributed by atoms with van der Waals surface area (Å²) in [4.78, 5) is 15.6. The molecular formula is C13H11FN2O2. The van der Waals surface area contributed by atoms with E-state index in [1.165, 1.54) is 6.07 Å². The molecule has 0 fully saturated rings. The van der Waals surface area contributed by atoms with Crippen molar-refractivity contribution < 1.29 is 13.9 Å². The fourth-order valence-electron chi connectivity index (χ4n) is 1.43. The molecular weight excluding hydrogens is 235 g/mol. The van der Waals surface area contributed by atoms with Gasteiger partial charge in [0.05, 0.1) is 5.56 Å². The molecule has 0 unspecified atom stereocenters. The van der Waals surface area contributed by atoms with Gasteiger partial charge in [-0.3, -0.25) is 4.98 Å². The number of pyridine rings is 1. The molecule has 1 heterocycles. The Balaban J connectivity index is 2.04. The molecule has 18 heavy (non-hydrogen) atoms. The van der Waals surface area contributed by atoms with Gasteiger partial charge < -0.3 is 10.5 Å². The number of hydrogen-bond acceptors (Lipinski definition) is 4. The molecule has 0 saturated carbocycles. The van der Waals surface area contributed by atoms with Crippen LogP contribution in [0.1, 0.15) is 15.9 Å². The molecule has 0 aliphatic heterocycles. The maximum absolute atomic E-state index is 12.8. The van der Waals surface area contributed by atoms with Crippen LogP contribution in [0, 0.1) is 5.82 Å². The Morgan fingerprint density at radius 2 is 2.22 bits per heavy atom. The third-order valence-corrected chi connectivity index (χ3v) is 2.33. The first-order valence-corrected chi connectivity index (χ1v) is 5.28. The Bertz CT molecular complexity index is 558. The van der Waals surface area contributed by atoms with Crippen molar-refractivity contribution >= 4 is 11.7 Å². The minimum Gasteiger partial charge on any atom is -0.457 e. The number of nitrogens with two attached hydrogens (primary N) is 1. The van der Waals surface area contributed by atoms with Gasteiger partial charge in [0.15, 0.2) is 0 Å². The number of aromatic nitrogens is 1. The first kappa shape index (κ1) is 12.0. The number of rotatable bonds is 3. The van der Waals surface area contributed by atoms with Gasteiger partial charge in [-0.25, -0.2) is 9.18 Å². The van der Waals surface area contributed by atoms with Gasteiger partial charge in [0, 0.05) is 23.6 Å². The zero-order valence-electron chi connectivity index (χ0n) is 9.47. The first-order valence-electron chi connectivity index (χ1n) is 5.28. The highest BCUT2D eigenvalue weighted by molar-refractivity contribution is 5.94. The van der Waals surface area contributed by atoms with E-state index in [0.717, 1.165) is 17.7 Å². The average molecular weight is 246 g/mol. The van der Waals surface area contributed by atoms with Crippen molar-refractivity contribution in [3.8, 4) is 0 Å². The number of hydrogen-bond donors (Lipinski definition) is 1. The van der Waals surface area contributed by atoms with Crippen molar-refractivity contribution in [3.05, 3.63) is 59.7 Å². The SMILES string of the molecule is Nc1cc(F)ccc1C(=O)OCc1cccnc1. The second kappa shape index (κ2) is 5.27. The zero-order chi connectivity index (χ0) is 13.0. The Hall–Kier alpha value is -2.43. The lowest BCUT2D eigenvalue weighted by Crippen LogP contribution is -2.08. The van der Waals surface area contributed by atoms with Crippen molar-refractivity contribution in [2.75, 3.05) is 5.73 Å². The quantitative estimate of drug-likeness (QED) is 0.665. The van der Waals surface area contributed by atoms with Gasteiger partial charge in [-0.2, -0.15) is 0 Å². The second-order valence-electron chi connectivity index (χ2n) is 3.67. The summed E-state index contributed by atoms with van der Waals surface area (Å²) in [6.45, 7) is 0.101. The summed E-state index contributed by atoms with van der Waals surface area (Å²) in [5.41, 5.74) is 6.52. The summed E-state index contributed by atoms with van der Waals surface area (Å²) in [6, 6.07) is 7.08. The Labute approximate surface area is 103 Å². The van der Waals surface area contributed by atoms with Crippen LogP contribution in [0.15, 0.2) is 42.7 Å². The maximum atomic E-state index is 12.8. The molecule has 2 rings (SSSR count). The van der Waals surface area contributed by atoms with Crippen molar-refractivity contribution in [2.45, 2.75) is 6.61 Å². The zero-order valence-corrected chi connectivity index (χ0v) is 9.47. The summed E-state index contributed by atoms with van der Waals surface area (Å²) in [5.74, 6) is -1.08. The number of anilines is 1. The number of esters is 1. The van der Waals surface area contributed by atoms with Crippen LogP contribution in [-0.2, 0) is 11.3 Å². The highest BCUT2D eigenvalue weighted by Crippen LogP contribution is 2.15. The van der Waals surface area contributed by atoms with E-state index in [2.05, 4.69) is 4.98 Å². The highest BCUT2D eigenvalue weighted by atomic mass is 19.1. The lowest BCUT2D eigenvalue weighted by Gasteiger charge is -2.06. The number of carbonyl (C=O) groups is 1. The van der Waals surface area contributed by atoms with E-state index in [1.54, 1.807) is 24.5 Å². The monoisotopic (exact) mass is 246 g/mol. The summed E-state index contributed by atoms with van der Waals surface area (Å²) < 4.78 is 17.9. The molecule has 0 aliphatic carbocycles. The smallest absolute Gasteiger partial charge is 0.340 e. The van der Waals surface area contributed by atoms with E-state index in [9.17, 15) is 9.18 Å². The van der Waals surface area contributed by atoms with Gasteiger partial charge in [0.2, 0.25) is 0 Å². The number of halogens is 1. The Morgan fingerprint density at radius 1 is 1.39 bits per heavy atom. The second-order valence-corrected chi connectivity index (χ2v) is 3.67. The minimum absolute atomic E-state index is 0.0613. The fraction of sp³-hybridized carbons (Fsp3) is 0.0769. The average Bonchev–Trinajstić information content (AvgIpc) is 2.37. The predicted octanol–water partition coefficient (Wildman–Crippen LogP) is 2.16. The third kappa shape index (κ3) is 2.82. The van der Waals surface area contributed by atoms with Crippen LogP contribution in [0.3, 0.4) is 0 Å². The standard InChI is InChI=1S/C13H11FN2O2/c14-10-3-4-11(12(15)6-10)13(17)18-8-9-2-1-5-16-7-9/h1-7H,8,15H2.